The third kappa shape index (κ3) is 2.82. The molecule has 1 saturated heterocycles. The molecule has 1 fully saturated rings. The number of likely N-dealkylation sites (tertiary alicyclic amines) is 1. The lowest BCUT2D eigenvalue weighted by molar-refractivity contribution is 0.114. The fourth-order valence-corrected chi connectivity index (χ4v) is 2.89. The Morgan fingerprint density at radius 1 is 1.48 bits per heavy atom. The lowest BCUT2D eigenvalue weighted by Gasteiger charge is -2.31. The number of hydrogen-bond donors (Lipinski definition) is 3. The van der Waals surface area contributed by atoms with Crippen molar-refractivity contribution in [1.29, 1.82) is 0 Å². The first-order valence-corrected chi connectivity index (χ1v) is 7.19. The summed E-state index contributed by atoms with van der Waals surface area (Å²) in [6, 6.07) is 0. The van der Waals surface area contributed by atoms with Gasteiger partial charge in [-0.2, -0.15) is 5.10 Å². The molecule has 8 nitrogen and oxygen atoms in total. The van der Waals surface area contributed by atoms with E-state index in [9.17, 15) is 5.11 Å². The van der Waals surface area contributed by atoms with Crippen LogP contribution in [0.15, 0.2) is 6.20 Å². The van der Waals surface area contributed by atoms with Gasteiger partial charge in [-0.15, -0.1) is 0 Å². The molecule has 1 aliphatic rings. The van der Waals surface area contributed by atoms with Crippen LogP contribution in [0.25, 0.3) is 11.0 Å². The number of hydrazine groups is 1. The average molecular weight is 291 g/mol. The Hall–Kier alpha value is -1.77. The van der Waals surface area contributed by atoms with Crippen LogP contribution in [0.3, 0.4) is 0 Å². The van der Waals surface area contributed by atoms with Gasteiger partial charge in [0.25, 0.3) is 0 Å². The van der Waals surface area contributed by atoms with Crippen molar-refractivity contribution in [1.82, 2.24) is 24.6 Å². The summed E-state index contributed by atoms with van der Waals surface area (Å²) < 4.78 is 1.72. The molecule has 1 unspecified atom stereocenters. The van der Waals surface area contributed by atoms with E-state index in [1.807, 2.05) is 7.05 Å². The zero-order chi connectivity index (χ0) is 14.8. The quantitative estimate of drug-likeness (QED) is 0.531. The molecule has 3 heterocycles. The number of nitrogen functional groups attached to an aromatic ring is 1. The minimum Gasteiger partial charge on any atom is -0.396 e. The molecule has 1 atom stereocenters. The van der Waals surface area contributed by atoms with Crippen LogP contribution in [0.5, 0.6) is 0 Å². The number of aliphatic hydroxyl groups excluding tert-OH is 1. The van der Waals surface area contributed by atoms with Crippen LogP contribution in [-0.4, -0.2) is 49.5 Å². The normalized spacial score (nSPS) is 20.0. The topological polar surface area (TPSA) is 105 Å². The van der Waals surface area contributed by atoms with Gasteiger partial charge in [-0.3, -0.25) is 9.58 Å². The third-order valence-electron chi connectivity index (χ3n) is 4.00. The fourth-order valence-electron chi connectivity index (χ4n) is 2.89. The smallest absolute Gasteiger partial charge is 0.163 e. The van der Waals surface area contributed by atoms with Crippen molar-refractivity contribution in [2.75, 3.05) is 25.1 Å². The average Bonchev–Trinajstić information content (AvgIpc) is 2.88. The van der Waals surface area contributed by atoms with Gasteiger partial charge in [0.2, 0.25) is 0 Å². The van der Waals surface area contributed by atoms with Crippen LogP contribution in [-0.2, 0) is 13.6 Å². The maximum atomic E-state index is 9.31. The van der Waals surface area contributed by atoms with Crippen LogP contribution >= 0.6 is 0 Å². The Kier molecular flexibility index (Phi) is 4.00. The van der Waals surface area contributed by atoms with E-state index in [0.29, 0.717) is 18.3 Å². The molecule has 1 aliphatic heterocycles. The molecule has 0 radical (unpaired) electrons. The van der Waals surface area contributed by atoms with Crippen LogP contribution in [0.2, 0.25) is 0 Å². The van der Waals surface area contributed by atoms with E-state index in [-0.39, 0.29) is 6.61 Å². The molecule has 2 aromatic heterocycles. The molecule has 0 bridgehead atoms. The van der Waals surface area contributed by atoms with E-state index in [1.54, 1.807) is 10.9 Å². The van der Waals surface area contributed by atoms with Crippen LogP contribution in [0.1, 0.15) is 18.7 Å². The number of nitrogens with zero attached hydrogens (tertiary/aromatic N) is 5. The van der Waals surface area contributed by atoms with Crippen molar-refractivity contribution >= 4 is 16.9 Å². The molecule has 0 amide bonds. The summed E-state index contributed by atoms with van der Waals surface area (Å²) in [7, 11) is 1.85. The summed E-state index contributed by atoms with van der Waals surface area (Å²) in [4.78, 5) is 11.3. The third-order valence-corrected chi connectivity index (χ3v) is 4.00. The van der Waals surface area contributed by atoms with Gasteiger partial charge in [0.1, 0.15) is 5.82 Å². The number of nitrogens with one attached hydrogen (secondary N) is 1. The van der Waals surface area contributed by atoms with Gasteiger partial charge >= 0.3 is 0 Å². The van der Waals surface area contributed by atoms with Crippen molar-refractivity contribution < 1.29 is 5.11 Å². The minimum atomic E-state index is 0.244. The number of anilines is 1. The Morgan fingerprint density at radius 3 is 3.10 bits per heavy atom. The maximum Gasteiger partial charge on any atom is 0.163 e. The summed E-state index contributed by atoms with van der Waals surface area (Å²) in [6.45, 7) is 2.80. The molecule has 0 saturated carbocycles. The highest BCUT2D eigenvalue weighted by atomic mass is 16.3. The van der Waals surface area contributed by atoms with E-state index in [2.05, 4.69) is 25.4 Å². The highest BCUT2D eigenvalue weighted by Gasteiger charge is 2.21. The van der Waals surface area contributed by atoms with Gasteiger partial charge in [0.05, 0.1) is 18.1 Å². The second-order valence-electron chi connectivity index (χ2n) is 5.56. The highest BCUT2D eigenvalue weighted by Crippen LogP contribution is 2.21. The predicted octanol–water partition coefficient (Wildman–Crippen LogP) is -0.147. The standard InChI is InChI=1S/C13H21N7O/c1-19-13-10(5-15-19)12(18-14)16-11(17-13)7-20-4-2-3-9(6-20)8-21/h5,9,21H,2-4,6-8,14H2,1H3,(H,16,17,18). The summed E-state index contributed by atoms with van der Waals surface area (Å²) in [5.74, 6) is 7.22. The van der Waals surface area contributed by atoms with E-state index in [1.165, 1.54) is 0 Å². The number of aromatic nitrogens is 4. The van der Waals surface area contributed by atoms with Crippen LogP contribution < -0.4 is 11.3 Å². The molecule has 21 heavy (non-hydrogen) atoms. The Bertz CT molecular complexity index is 626. The number of aryl methyl sites for hydroxylation is 1. The first kappa shape index (κ1) is 14.2. The predicted molar refractivity (Wildman–Crippen MR) is 79.2 cm³/mol. The molecule has 114 valence electrons. The van der Waals surface area contributed by atoms with Gasteiger partial charge in [-0.05, 0) is 25.3 Å². The molecule has 0 aliphatic carbocycles. The molecule has 4 N–H and O–H groups in total. The maximum absolute atomic E-state index is 9.31. The highest BCUT2D eigenvalue weighted by molar-refractivity contribution is 5.86. The van der Waals surface area contributed by atoms with Crippen molar-refractivity contribution in [3.05, 3.63) is 12.0 Å². The summed E-state index contributed by atoms with van der Waals surface area (Å²) in [5.41, 5.74) is 3.39. The molecule has 0 spiro atoms. The summed E-state index contributed by atoms with van der Waals surface area (Å²) >= 11 is 0. The molecule has 2 aromatic rings. The van der Waals surface area contributed by atoms with E-state index < -0.39 is 0 Å². The number of rotatable bonds is 4. The first-order valence-electron chi connectivity index (χ1n) is 7.19. The SMILES string of the molecule is Cn1ncc2c(NN)nc(CN3CCCC(CO)C3)nc21. The summed E-state index contributed by atoms with van der Waals surface area (Å²) in [6.07, 6.45) is 3.89. The monoisotopic (exact) mass is 291 g/mol. The van der Waals surface area contributed by atoms with E-state index >= 15 is 0 Å². The van der Waals surface area contributed by atoms with Crippen LogP contribution in [0, 0.1) is 5.92 Å². The van der Waals surface area contributed by atoms with E-state index in [4.69, 9.17) is 5.84 Å². The molecular weight excluding hydrogens is 270 g/mol. The van der Waals surface area contributed by atoms with Gasteiger partial charge < -0.3 is 10.5 Å². The Balaban J connectivity index is 1.84. The number of fused-ring (bicyclic) bond motifs is 1. The van der Waals surface area contributed by atoms with Gasteiger partial charge in [-0.1, -0.05) is 0 Å². The molecule has 3 rings (SSSR count). The molecule has 0 aromatic carbocycles. The van der Waals surface area contributed by atoms with Crippen molar-refractivity contribution in [3.63, 3.8) is 0 Å². The number of aliphatic hydroxyl groups is 1. The zero-order valence-corrected chi connectivity index (χ0v) is 12.2. The van der Waals surface area contributed by atoms with Crippen LogP contribution in [0.4, 0.5) is 5.82 Å². The zero-order valence-electron chi connectivity index (χ0n) is 12.2. The van der Waals surface area contributed by atoms with Gasteiger partial charge in [-0.25, -0.2) is 15.8 Å². The van der Waals surface area contributed by atoms with Gasteiger partial charge in [0, 0.05) is 20.2 Å². The second-order valence-corrected chi connectivity index (χ2v) is 5.56. The minimum absolute atomic E-state index is 0.244. The number of hydrogen-bond acceptors (Lipinski definition) is 7. The van der Waals surface area contributed by atoms with Crippen molar-refractivity contribution in [2.24, 2.45) is 18.8 Å². The van der Waals surface area contributed by atoms with Gasteiger partial charge in [0.15, 0.2) is 11.5 Å². The first-order chi connectivity index (χ1) is 10.2. The fraction of sp³-hybridized carbons (Fsp3) is 0.615. The lowest BCUT2D eigenvalue weighted by atomic mass is 9.99. The number of nitrogens with two attached hydrogens (primary N) is 1. The summed E-state index contributed by atoms with van der Waals surface area (Å²) in [5, 5.41) is 14.3. The molecule has 8 heteroatoms. The molecular formula is C13H21N7O. The lowest BCUT2D eigenvalue weighted by Crippen LogP contribution is -2.36. The Labute approximate surface area is 122 Å². The van der Waals surface area contributed by atoms with Crippen molar-refractivity contribution in [3.8, 4) is 0 Å². The largest absolute Gasteiger partial charge is 0.396 e. The Morgan fingerprint density at radius 2 is 2.33 bits per heavy atom. The van der Waals surface area contributed by atoms with E-state index in [0.717, 1.165) is 42.8 Å². The van der Waals surface area contributed by atoms with Crippen molar-refractivity contribution in [2.45, 2.75) is 19.4 Å². The second kappa shape index (κ2) is 5.92. The number of piperidine rings is 1.